The maximum atomic E-state index is 6.06. The Balaban J connectivity index is 2.79. The Morgan fingerprint density at radius 1 is 1.18 bits per heavy atom. The summed E-state index contributed by atoms with van der Waals surface area (Å²) in [4.78, 5) is 2.72. The van der Waals surface area contributed by atoms with Gasteiger partial charge in [-0.25, -0.2) is 0 Å². The van der Waals surface area contributed by atoms with Crippen LogP contribution in [0.15, 0.2) is 0 Å². The molecule has 0 amide bonds. The van der Waals surface area contributed by atoms with Crippen LogP contribution in [-0.4, -0.2) is 30.1 Å². The van der Waals surface area contributed by atoms with E-state index in [4.69, 9.17) is 5.73 Å². The zero-order valence-electron chi connectivity index (χ0n) is 12.5. The highest BCUT2D eigenvalue weighted by molar-refractivity contribution is 4.90. The van der Waals surface area contributed by atoms with Crippen LogP contribution in [0.4, 0.5) is 0 Å². The number of hydrogen-bond donors (Lipinski definition) is 1. The topological polar surface area (TPSA) is 29.3 Å². The average molecular weight is 240 g/mol. The highest BCUT2D eigenvalue weighted by atomic mass is 15.2. The molecule has 1 rings (SSSR count). The largest absolute Gasteiger partial charge is 0.329 e. The van der Waals surface area contributed by atoms with Crippen LogP contribution in [0, 0.1) is 11.3 Å². The van der Waals surface area contributed by atoms with E-state index < -0.39 is 0 Å². The van der Waals surface area contributed by atoms with E-state index in [1.807, 2.05) is 0 Å². The van der Waals surface area contributed by atoms with Gasteiger partial charge in [-0.1, -0.05) is 47.5 Å². The minimum absolute atomic E-state index is 0.284. The Hall–Kier alpha value is -0.0800. The zero-order chi connectivity index (χ0) is 13.1. The van der Waals surface area contributed by atoms with Gasteiger partial charge in [0, 0.05) is 25.2 Å². The van der Waals surface area contributed by atoms with Gasteiger partial charge in [-0.3, -0.25) is 4.90 Å². The molecule has 2 heteroatoms. The summed E-state index contributed by atoms with van der Waals surface area (Å²) in [5.74, 6) is 0.729. The highest BCUT2D eigenvalue weighted by Gasteiger charge is 2.34. The second kappa shape index (κ2) is 6.19. The SMILES string of the molecule is CC(C)CN(C1CCCC1)C(CN)C(C)(C)C. The Morgan fingerprint density at radius 2 is 1.71 bits per heavy atom. The van der Waals surface area contributed by atoms with Crippen LogP contribution < -0.4 is 5.73 Å². The molecule has 17 heavy (non-hydrogen) atoms. The third-order valence-corrected chi connectivity index (χ3v) is 3.99. The Bertz CT molecular complexity index is 211. The molecule has 0 bridgehead atoms. The van der Waals surface area contributed by atoms with Gasteiger partial charge in [-0.05, 0) is 24.2 Å². The quantitative estimate of drug-likeness (QED) is 0.799. The van der Waals surface area contributed by atoms with Crippen LogP contribution in [0.5, 0.6) is 0 Å². The minimum Gasteiger partial charge on any atom is -0.329 e. The first-order valence-corrected chi connectivity index (χ1v) is 7.32. The third kappa shape index (κ3) is 4.26. The van der Waals surface area contributed by atoms with Gasteiger partial charge in [0.25, 0.3) is 0 Å². The summed E-state index contributed by atoms with van der Waals surface area (Å²) in [6.45, 7) is 13.6. The van der Waals surface area contributed by atoms with Gasteiger partial charge in [-0.2, -0.15) is 0 Å². The molecule has 1 aliphatic carbocycles. The normalized spacial score (nSPS) is 20.5. The van der Waals surface area contributed by atoms with E-state index in [2.05, 4.69) is 39.5 Å². The highest BCUT2D eigenvalue weighted by Crippen LogP contribution is 2.32. The molecule has 1 aliphatic rings. The molecule has 0 aromatic heterocycles. The van der Waals surface area contributed by atoms with E-state index in [-0.39, 0.29) is 5.41 Å². The first-order valence-electron chi connectivity index (χ1n) is 7.32. The number of hydrogen-bond acceptors (Lipinski definition) is 2. The maximum Gasteiger partial charge on any atom is 0.0269 e. The van der Waals surface area contributed by atoms with E-state index in [9.17, 15) is 0 Å². The van der Waals surface area contributed by atoms with Crippen molar-refractivity contribution in [3.05, 3.63) is 0 Å². The first kappa shape index (κ1) is 15.0. The molecule has 0 aliphatic heterocycles. The van der Waals surface area contributed by atoms with Crippen LogP contribution in [0.1, 0.15) is 60.3 Å². The van der Waals surface area contributed by atoms with Crippen LogP contribution in [0.25, 0.3) is 0 Å². The van der Waals surface area contributed by atoms with Gasteiger partial charge >= 0.3 is 0 Å². The van der Waals surface area contributed by atoms with Crippen molar-refractivity contribution in [2.24, 2.45) is 17.1 Å². The number of nitrogens with zero attached hydrogens (tertiary/aromatic N) is 1. The molecule has 2 nitrogen and oxygen atoms in total. The fourth-order valence-electron chi connectivity index (χ4n) is 3.17. The summed E-state index contributed by atoms with van der Waals surface area (Å²) in [5.41, 5.74) is 6.35. The van der Waals surface area contributed by atoms with Crippen LogP contribution >= 0.6 is 0 Å². The van der Waals surface area contributed by atoms with Crippen LogP contribution in [0.3, 0.4) is 0 Å². The van der Waals surface area contributed by atoms with E-state index in [0.717, 1.165) is 18.5 Å². The van der Waals surface area contributed by atoms with Gasteiger partial charge in [0.2, 0.25) is 0 Å². The Labute approximate surface area is 108 Å². The van der Waals surface area contributed by atoms with Crippen molar-refractivity contribution in [3.63, 3.8) is 0 Å². The molecule has 0 spiro atoms. The van der Waals surface area contributed by atoms with E-state index in [1.54, 1.807) is 0 Å². The van der Waals surface area contributed by atoms with Gasteiger partial charge in [0.05, 0.1) is 0 Å². The molecule has 0 radical (unpaired) electrons. The predicted molar refractivity (Wildman–Crippen MR) is 76.1 cm³/mol. The van der Waals surface area contributed by atoms with Crippen molar-refractivity contribution in [1.29, 1.82) is 0 Å². The summed E-state index contributed by atoms with van der Waals surface area (Å²) in [6, 6.07) is 1.30. The maximum absolute atomic E-state index is 6.06. The lowest BCUT2D eigenvalue weighted by molar-refractivity contribution is 0.0539. The molecule has 0 aromatic carbocycles. The average Bonchev–Trinajstić information content (AvgIpc) is 2.66. The monoisotopic (exact) mass is 240 g/mol. The fraction of sp³-hybridized carbons (Fsp3) is 1.00. The van der Waals surface area contributed by atoms with E-state index >= 15 is 0 Å². The van der Waals surface area contributed by atoms with Crippen molar-refractivity contribution >= 4 is 0 Å². The first-order chi connectivity index (χ1) is 7.86. The molecule has 1 unspecified atom stereocenters. The van der Waals surface area contributed by atoms with Gasteiger partial charge < -0.3 is 5.73 Å². The van der Waals surface area contributed by atoms with Gasteiger partial charge in [0.15, 0.2) is 0 Å². The van der Waals surface area contributed by atoms with Crippen molar-refractivity contribution < 1.29 is 0 Å². The van der Waals surface area contributed by atoms with Crippen molar-refractivity contribution in [2.45, 2.75) is 72.4 Å². The minimum atomic E-state index is 0.284. The molecule has 1 fully saturated rings. The van der Waals surface area contributed by atoms with E-state index in [1.165, 1.54) is 32.2 Å². The molecular weight excluding hydrogens is 208 g/mol. The van der Waals surface area contributed by atoms with Crippen LogP contribution in [0.2, 0.25) is 0 Å². The molecular formula is C15H32N2. The molecule has 1 saturated carbocycles. The Kier molecular flexibility index (Phi) is 5.46. The van der Waals surface area contributed by atoms with Gasteiger partial charge in [0.1, 0.15) is 0 Å². The van der Waals surface area contributed by atoms with Crippen molar-refractivity contribution in [2.75, 3.05) is 13.1 Å². The summed E-state index contributed by atoms with van der Waals surface area (Å²) in [5, 5.41) is 0. The second-order valence-electron chi connectivity index (χ2n) is 7.15. The molecule has 0 saturated heterocycles. The van der Waals surface area contributed by atoms with Crippen LogP contribution in [-0.2, 0) is 0 Å². The lowest BCUT2D eigenvalue weighted by Crippen LogP contribution is -2.53. The second-order valence-corrected chi connectivity index (χ2v) is 7.15. The summed E-state index contributed by atoms with van der Waals surface area (Å²) >= 11 is 0. The smallest absolute Gasteiger partial charge is 0.0269 e. The fourth-order valence-corrected chi connectivity index (χ4v) is 3.17. The number of nitrogens with two attached hydrogens (primary N) is 1. The Morgan fingerprint density at radius 3 is 2.06 bits per heavy atom. The molecule has 1 atom stereocenters. The third-order valence-electron chi connectivity index (χ3n) is 3.99. The predicted octanol–water partition coefficient (Wildman–Crippen LogP) is 3.26. The summed E-state index contributed by atoms with van der Waals surface area (Å²) in [7, 11) is 0. The van der Waals surface area contributed by atoms with Crippen molar-refractivity contribution in [3.8, 4) is 0 Å². The van der Waals surface area contributed by atoms with Gasteiger partial charge in [-0.15, -0.1) is 0 Å². The molecule has 102 valence electrons. The summed E-state index contributed by atoms with van der Waals surface area (Å²) in [6.07, 6.45) is 5.56. The molecule has 0 aromatic rings. The zero-order valence-corrected chi connectivity index (χ0v) is 12.5. The number of rotatable bonds is 5. The lowest BCUT2D eigenvalue weighted by atomic mass is 9.84. The summed E-state index contributed by atoms with van der Waals surface area (Å²) < 4.78 is 0. The lowest BCUT2D eigenvalue weighted by Gasteiger charge is -2.44. The molecule has 2 N–H and O–H groups in total. The molecule has 0 heterocycles. The van der Waals surface area contributed by atoms with E-state index in [0.29, 0.717) is 6.04 Å². The standard InChI is InChI=1S/C15H32N2/c1-12(2)11-17(13-8-6-7-9-13)14(10-16)15(3,4)5/h12-14H,6-11,16H2,1-5H3. The van der Waals surface area contributed by atoms with Crippen molar-refractivity contribution in [1.82, 2.24) is 4.90 Å².